The van der Waals surface area contributed by atoms with Crippen LogP contribution in [0.4, 0.5) is 0 Å². The molecule has 0 saturated carbocycles. The number of unbranched alkanes of at least 4 members (excludes halogenated alkanes) is 3. The van der Waals surface area contributed by atoms with Crippen molar-refractivity contribution in [2.45, 2.75) is 32.6 Å². The van der Waals surface area contributed by atoms with Gasteiger partial charge in [-0.1, -0.05) is 49.9 Å². The van der Waals surface area contributed by atoms with Crippen molar-refractivity contribution in [3.05, 3.63) is 65.7 Å². The fourth-order valence-electron chi connectivity index (χ4n) is 3.21. The van der Waals surface area contributed by atoms with Crippen LogP contribution >= 0.6 is 11.6 Å². The predicted molar refractivity (Wildman–Crippen MR) is 117 cm³/mol. The lowest BCUT2D eigenvalue weighted by Crippen LogP contribution is -1.97. The molecule has 0 N–H and O–H groups in total. The van der Waals surface area contributed by atoms with Crippen LogP contribution in [-0.4, -0.2) is 16.8 Å². The summed E-state index contributed by atoms with van der Waals surface area (Å²) >= 11 is 5.94. The Morgan fingerprint density at radius 3 is 2.28 bits per heavy atom. The van der Waals surface area contributed by atoms with Crippen LogP contribution in [0.15, 0.2) is 65.1 Å². The molecule has 1 aromatic heterocycles. The van der Waals surface area contributed by atoms with Gasteiger partial charge in [-0.15, -0.1) is 10.2 Å². The third-order valence-electron chi connectivity index (χ3n) is 4.84. The van der Waals surface area contributed by atoms with Crippen molar-refractivity contribution in [1.29, 1.82) is 0 Å². The molecule has 0 saturated heterocycles. The van der Waals surface area contributed by atoms with Gasteiger partial charge in [0, 0.05) is 16.1 Å². The van der Waals surface area contributed by atoms with Crippen LogP contribution in [0.1, 0.15) is 32.6 Å². The van der Waals surface area contributed by atoms with Gasteiger partial charge in [-0.05, 0) is 65.7 Å². The average Bonchev–Trinajstić information content (AvgIpc) is 3.24. The maximum absolute atomic E-state index is 5.94. The SMILES string of the molecule is CCCCCCOc1ccc2cc(-c3nnc(-c4ccc(Cl)cc4)o3)ccc2c1. The average molecular weight is 407 g/mol. The third-order valence-corrected chi connectivity index (χ3v) is 5.09. The number of halogens is 1. The molecule has 0 bridgehead atoms. The fraction of sp³-hybridized carbons (Fsp3) is 0.250. The van der Waals surface area contributed by atoms with Crippen molar-refractivity contribution in [3.8, 4) is 28.7 Å². The lowest BCUT2D eigenvalue weighted by atomic mass is 10.1. The van der Waals surface area contributed by atoms with Gasteiger partial charge in [0.1, 0.15) is 5.75 Å². The second kappa shape index (κ2) is 9.10. The lowest BCUT2D eigenvalue weighted by Gasteiger charge is -2.07. The van der Waals surface area contributed by atoms with Gasteiger partial charge < -0.3 is 9.15 Å². The summed E-state index contributed by atoms with van der Waals surface area (Å²) in [5, 5.41) is 11.3. The standard InChI is InChI=1S/C24H23ClN2O2/c1-2-3-4-5-14-28-22-13-10-18-15-20(7-6-19(18)16-22)24-27-26-23(29-24)17-8-11-21(25)12-9-17/h6-13,15-16H,2-5,14H2,1H3. The van der Waals surface area contributed by atoms with Crippen LogP contribution in [0.2, 0.25) is 5.02 Å². The van der Waals surface area contributed by atoms with Crippen LogP contribution < -0.4 is 4.74 Å². The Kier molecular flexibility index (Phi) is 6.11. The first-order valence-electron chi connectivity index (χ1n) is 9.99. The van der Waals surface area contributed by atoms with E-state index in [9.17, 15) is 0 Å². The zero-order valence-electron chi connectivity index (χ0n) is 16.4. The van der Waals surface area contributed by atoms with Crippen LogP contribution in [0.3, 0.4) is 0 Å². The summed E-state index contributed by atoms with van der Waals surface area (Å²) in [6.45, 7) is 2.98. The van der Waals surface area contributed by atoms with E-state index >= 15 is 0 Å². The van der Waals surface area contributed by atoms with Gasteiger partial charge in [0.15, 0.2) is 0 Å². The summed E-state index contributed by atoms with van der Waals surface area (Å²) in [5.74, 6) is 1.88. The summed E-state index contributed by atoms with van der Waals surface area (Å²) in [6.07, 6.45) is 4.81. The molecule has 4 rings (SSSR count). The van der Waals surface area contributed by atoms with E-state index in [1.54, 1.807) is 12.1 Å². The first-order chi connectivity index (χ1) is 14.2. The summed E-state index contributed by atoms with van der Waals surface area (Å²) in [5.41, 5.74) is 1.73. The van der Waals surface area contributed by atoms with E-state index in [2.05, 4.69) is 41.4 Å². The molecular weight excluding hydrogens is 384 g/mol. The van der Waals surface area contributed by atoms with E-state index in [-0.39, 0.29) is 0 Å². The fourth-order valence-corrected chi connectivity index (χ4v) is 3.34. The second-order valence-corrected chi connectivity index (χ2v) is 7.49. The van der Waals surface area contributed by atoms with Crippen molar-refractivity contribution in [3.63, 3.8) is 0 Å². The molecule has 0 atom stereocenters. The van der Waals surface area contributed by atoms with E-state index in [0.29, 0.717) is 16.8 Å². The monoisotopic (exact) mass is 406 g/mol. The van der Waals surface area contributed by atoms with Crippen LogP contribution in [-0.2, 0) is 0 Å². The Balaban J connectivity index is 1.49. The van der Waals surface area contributed by atoms with Gasteiger partial charge >= 0.3 is 0 Å². The highest BCUT2D eigenvalue weighted by atomic mass is 35.5. The third kappa shape index (κ3) is 4.77. The minimum absolute atomic E-state index is 0.476. The van der Waals surface area contributed by atoms with Crippen molar-refractivity contribution in [1.82, 2.24) is 10.2 Å². The number of fused-ring (bicyclic) bond motifs is 1. The first kappa shape index (κ1) is 19.5. The van der Waals surface area contributed by atoms with Crippen molar-refractivity contribution < 1.29 is 9.15 Å². The largest absolute Gasteiger partial charge is 0.494 e. The predicted octanol–water partition coefficient (Wildman–Crippen LogP) is 7.17. The van der Waals surface area contributed by atoms with E-state index in [4.69, 9.17) is 20.8 Å². The molecule has 0 fully saturated rings. The summed E-state index contributed by atoms with van der Waals surface area (Å²) in [6, 6.07) is 19.6. The number of hydrogen-bond donors (Lipinski definition) is 0. The van der Waals surface area contributed by atoms with Gasteiger partial charge in [-0.25, -0.2) is 0 Å². The van der Waals surface area contributed by atoms with Crippen molar-refractivity contribution >= 4 is 22.4 Å². The quantitative estimate of drug-likeness (QED) is 0.291. The molecular formula is C24H23ClN2O2. The molecule has 148 valence electrons. The highest BCUT2D eigenvalue weighted by Crippen LogP contribution is 2.29. The maximum atomic E-state index is 5.94. The zero-order valence-corrected chi connectivity index (χ0v) is 17.2. The van der Waals surface area contributed by atoms with E-state index in [1.165, 1.54) is 19.3 Å². The molecule has 0 unspecified atom stereocenters. The van der Waals surface area contributed by atoms with E-state index in [0.717, 1.165) is 40.7 Å². The number of aromatic nitrogens is 2. The molecule has 4 nitrogen and oxygen atoms in total. The van der Waals surface area contributed by atoms with Gasteiger partial charge in [-0.2, -0.15) is 0 Å². The second-order valence-electron chi connectivity index (χ2n) is 7.05. The van der Waals surface area contributed by atoms with Gasteiger partial charge in [0.25, 0.3) is 0 Å². The van der Waals surface area contributed by atoms with E-state index in [1.807, 2.05) is 24.3 Å². The molecule has 0 amide bonds. The Morgan fingerprint density at radius 1 is 0.793 bits per heavy atom. The lowest BCUT2D eigenvalue weighted by molar-refractivity contribution is 0.305. The van der Waals surface area contributed by atoms with Gasteiger partial charge in [0.2, 0.25) is 11.8 Å². The molecule has 3 aromatic carbocycles. The minimum atomic E-state index is 0.476. The summed E-state index contributed by atoms with van der Waals surface area (Å²) in [4.78, 5) is 0. The van der Waals surface area contributed by atoms with Crippen molar-refractivity contribution in [2.24, 2.45) is 0 Å². The Bertz CT molecular complexity index is 1090. The van der Waals surface area contributed by atoms with Gasteiger partial charge in [0.05, 0.1) is 6.61 Å². The smallest absolute Gasteiger partial charge is 0.248 e. The molecule has 0 aliphatic rings. The van der Waals surface area contributed by atoms with E-state index < -0.39 is 0 Å². The maximum Gasteiger partial charge on any atom is 0.248 e. The first-order valence-corrected chi connectivity index (χ1v) is 10.4. The Hall–Kier alpha value is -2.85. The van der Waals surface area contributed by atoms with Crippen LogP contribution in [0.5, 0.6) is 5.75 Å². The summed E-state index contributed by atoms with van der Waals surface area (Å²) < 4.78 is 11.7. The zero-order chi connectivity index (χ0) is 20.1. The van der Waals surface area contributed by atoms with Crippen molar-refractivity contribution in [2.75, 3.05) is 6.61 Å². The Labute approximate surface area is 175 Å². The number of benzene rings is 3. The number of hydrogen-bond acceptors (Lipinski definition) is 4. The molecule has 1 heterocycles. The molecule has 4 aromatic rings. The molecule has 29 heavy (non-hydrogen) atoms. The molecule has 0 spiro atoms. The number of nitrogens with zero attached hydrogens (tertiary/aromatic N) is 2. The summed E-state index contributed by atoms with van der Waals surface area (Å²) in [7, 11) is 0. The molecule has 0 radical (unpaired) electrons. The number of rotatable bonds is 8. The minimum Gasteiger partial charge on any atom is -0.494 e. The molecule has 0 aliphatic carbocycles. The molecule has 5 heteroatoms. The van der Waals surface area contributed by atoms with Crippen LogP contribution in [0, 0.1) is 0 Å². The Morgan fingerprint density at radius 2 is 1.48 bits per heavy atom. The molecule has 0 aliphatic heterocycles. The normalized spacial score (nSPS) is 11.1. The topological polar surface area (TPSA) is 48.2 Å². The van der Waals surface area contributed by atoms with Crippen LogP contribution in [0.25, 0.3) is 33.7 Å². The highest BCUT2D eigenvalue weighted by molar-refractivity contribution is 6.30. The number of ether oxygens (including phenoxy) is 1. The van der Waals surface area contributed by atoms with Gasteiger partial charge in [-0.3, -0.25) is 0 Å². The highest BCUT2D eigenvalue weighted by Gasteiger charge is 2.11.